The van der Waals surface area contributed by atoms with Crippen LogP contribution in [0.25, 0.3) is 22.4 Å². The van der Waals surface area contributed by atoms with E-state index < -0.39 is 36.0 Å². The molecule has 3 aliphatic rings. The number of Topliss-reactive ketones (excluding diaryl/α,β-unsaturated/α-hetero) is 1. The lowest BCUT2D eigenvalue weighted by Crippen LogP contribution is -2.51. The molecule has 15 heteroatoms. The molecule has 59 heavy (non-hydrogen) atoms. The molecule has 3 N–H and O–H groups in total. The summed E-state index contributed by atoms with van der Waals surface area (Å²) in [6, 6.07) is 22.4. The van der Waals surface area contributed by atoms with Crippen LogP contribution in [0.3, 0.4) is 0 Å². The smallest absolute Gasteiger partial charge is 0.410 e. The summed E-state index contributed by atoms with van der Waals surface area (Å²) >= 11 is 0. The molecule has 4 aromatic rings. The summed E-state index contributed by atoms with van der Waals surface area (Å²) in [4.78, 5) is 76.6. The van der Waals surface area contributed by atoms with Crippen LogP contribution in [-0.4, -0.2) is 107 Å². The number of benzene rings is 3. The van der Waals surface area contributed by atoms with Crippen molar-refractivity contribution < 1.29 is 42.9 Å². The van der Waals surface area contributed by atoms with Crippen molar-refractivity contribution in [2.75, 3.05) is 40.0 Å². The van der Waals surface area contributed by atoms with Gasteiger partial charge in [0.25, 0.3) is 0 Å². The maximum atomic E-state index is 13.5. The lowest BCUT2D eigenvalue weighted by atomic mass is 10.0. The Kier molecular flexibility index (Phi) is 12.7. The van der Waals surface area contributed by atoms with Gasteiger partial charge in [0.2, 0.25) is 11.8 Å². The fourth-order valence-electron chi connectivity index (χ4n) is 7.82. The third-order valence-corrected chi connectivity index (χ3v) is 11.1. The molecule has 3 aliphatic heterocycles. The van der Waals surface area contributed by atoms with Crippen molar-refractivity contribution in [1.29, 1.82) is 0 Å². The number of imidazole rings is 1. The molecule has 310 valence electrons. The number of H-pyrrole nitrogens is 1. The summed E-state index contributed by atoms with van der Waals surface area (Å²) in [5.41, 5.74) is 4.80. The quantitative estimate of drug-likeness (QED) is 0.152. The topological polar surface area (TPSA) is 181 Å². The first-order valence-corrected chi connectivity index (χ1v) is 20.0. The number of rotatable bonds is 12. The molecule has 4 heterocycles. The summed E-state index contributed by atoms with van der Waals surface area (Å²) < 4.78 is 22.2. The second kappa shape index (κ2) is 18.2. The molecule has 3 aromatic carbocycles. The van der Waals surface area contributed by atoms with Crippen molar-refractivity contribution in [2.45, 2.75) is 70.1 Å². The van der Waals surface area contributed by atoms with Crippen molar-refractivity contribution in [1.82, 2.24) is 30.4 Å². The molecule has 3 fully saturated rings. The van der Waals surface area contributed by atoms with E-state index in [4.69, 9.17) is 18.9 Å². The Morgan fingerprint density at radius 2 is 1.58 bits per heavy atom. The molecule has 3 atom stereocenters. The normalized spacial score (nSPS) is 19.1. The van der Waals surface area contributed by atoms with Gasteiger partial charge in [-0.3, -0.25) is 19.3 Å². The van der Waals surface area contributed by atoms with Crippen LogP contribution in [0.4, 0.5) is 9.59 Å². The Labute approximate surface area is 342 Å². The van der Waals surface area contributed by atoms with Gasteiger partial charge in [0, 0.05) is 18.5 Å². The van der Waals surface area contributed by atoms with Crippen LogP contribution in [0.1, 0.15) is 67.3 Å². The molecule has 0 saturated carbocycles. The molecule has 3 saturated heterocycles. The highest BCUT2D eigenvalue weighted by molar-refractivity contribution is 6.00. The number of hydrogen-bond acceptors (Lipinski definition) is 10. The molecular weight excluding hydrogens is 757 g/mol. The number of aromatic amines is 1. The summed E-state index contributed by atoms with van der Waals surface area (Å²) in [6.45, 7) is 5.07. The first kappa shape index (κ1) is 41.1. The molecule has 4 amide bonds. The molecule has 0 bridgehead atoms. The molecule has 0 radical (unpaired) electrons. The molecular formula is C44H50N6O9. The highest BCUT2D eigenvalue weighted by atomic mass is 16.7. The minimum absolute atomic E-state index is 0.0390. The van der Waals surface area contributed by atoms with Crippen LogP contribution < -0.4 is 10.6 Å². The number of ether oxygens (including phenoxy) is 4. The lowest BCUT2D eigenvalue weighted by molar-refractivity contribution is -0.257. The summed E-state index contributed by atoms with van der Waals surface area (Å²) in [6.07, 6.45) is 2.87. The van der Waals surface area contributed by atoms with Gasteiger partial charge in [0.15, 0.2) is 11.6 Å². The number of hydrogen-bond donors (Lipinski definition) is 3. The average Bonchev–Trinajstić information content (AvgIpc) is 4.04. The molecule has 1 spiro atoms. The van der Waals surface area contributed by atoms with Crippen LogP contribution in [0.15, 0.2) is 85.1 Å². The molecule has 3 unspecified atom stereocenters. The predicted octanol–water partition coefficient (Wildman–Crippen LogP) is 5.63. The van der Waals surface area contributed by atoms with E-state index in [1.807, 2.05) is 80.6 Å². The zero-order valence-corrected chi connectivity index (χ0v) is 33.5. The van der Waals surface area contributed by atoms with E-state index in [0.29, 0.717) is 37.6 Å². The standard InChI is InChI=1S/C44H50N6O9/c1-28(2)38(48-42(54)56-3)41(53)49-20-7-11-35(49)39-45-24-34(47-39)32-16-12-30(13-17-32)31-14-18-33(19-15-31)37(51)25-46-40(52)36-23-44(58-21-8-22-59-44)27-50(36)43(55)57-26-29-9-5-4-6-10-29/h4-6,9-10,12-19,24,28,35-36,38H,7-8,11,20-23,25-27H2,1-3H3,(H,45,47)(H,46,52)(H,48,54). The van der Waals surface area contributed by atoms with Gasteiger partial charge in [0.05, 0.1) is 51.3 Å². The second-order valence-electron chi connectivity index (χ2n) is 15.4. The van der Waals surface area contributed by atoms with E-state index in [1.165, 1.54) is 12.0 Å². The highest BCUT2D eigenvalue weighted by Crippen LogP contribution is 2.36. The van der Waals surface area contributed by atoms with Gasteiger partial charge in [0.1, 0.15) is 24.5 Å². The molecule has 7 rings (SSSR count). The van der Waals surface area contributed by atoms with Crippen LogP contribution in [0, 0.1) is 5.92 Å². The number of nitrogens with one attached hydrogen (secondary N) is 3. The Bertz CT molecular complexity index is 2120. The zero-order chi connectivity index (χ0) is 41.5. The number of aromatic nitrogens is 2. The molecule has 1 aromatic heterocycles. The SMILES string of the molecule is COC(=O)NC(C(=O)N1CCCC1c1ncc(-c2ccc(-c3ccc(C(=O)CNC(=O)C4CC5(CN4C(=O)OCc4ccccc4)OCCCO5)cc3)cc2)[nH]1)C(C)C. The first-order chi connectivity index (χ1) is 28.5. The van der Waals surface area contributed by atoms with Gasteiger partial charge >= 0.3 is 12.2 Å². The Hall–Kier alpha value is -6.06. The van der Waals surface area contributed by atoms with Gasteiger partial charge in [-0.25, -0.2) is 14.6 Å². The maximum absolute atomic E-state index is 13.5. The number of alkyl carbamates (subject to hydrolysis) is 1. The fourth-order valence-corrected chi connectivity index (χ4v) is 7.82. The Morgan fingerprint density at radius 1 is 0.898 bits per heavy atom. The van der Waals surface area contributed by atoms with Crippen molar-refractivity contribution in [3.63, 3.8) is 0 Å². The van der Waals surface area contributed by atoms with Crippen molar-refractivity contribution in [2.24, 2.45) is 5.92 Å². The van der Waals surface area contributed by atoms with Crippen LogP contribution in [0.2, 0.25) is 0 Å². The third-order valence-electron chi connectivity index (χ3n) is 11.1. The minimum atomic E-state index is -1.10. The molecule has 15 nitrogen and oxygen atoms in total. The van der Waals surface area contributed by atoms with E-state index in [0.717, 1.165) is 40.8 Å². The number of nitrogens with zero attached hydrogens (tertiary/aromatic N) is 3. The van der Waals surface area contributed by atoms with Gasteiger partial charge in [-0.2, -0.15) is 0 Å². The average molecular weight is 807 g/mol. The van der Waals surface area contributed by atoms with Gasteiger partial charge < -0.3 is 39.5 Å². The van der Waals surface area contributed by atoms with E-state index in [1.54, 1.807) is 23.2 Å². The van der Waals surface area contributed by atoms with Crippen LogP contribution >= 0.6 is 0 Å². The number of carbonyl (C=O) groups is 5. The van der Waals surface area contributed by atoms with Gasteiger partial charge in [-0.05, 0) is 47.4 Å². The third kappa shape index (κ3) is 9.47. The number of likely N-dealkylation sites (tertiary alicyclic amines) is 2. The minimum Gasteiger partial charge on any atom is -0.453 e. The fraction of sp³-hybridized carbons (Fsp3) is 0.409. The van der Waals surface area contributed by atoms with Gasteiger partial charge in [-0.1, -0.05) is 92.7 Å². The van der Waals surface area contributed by atoms with E-state index >= 15 is 0 Å². The largest absolute Gasteiger partial charge is 0.453 e. The number of ketones is 1. The van der Waals surface area contributed by atoms with Crippen molar-refractivity contribution in [3.05, 3.63) is 102 Å². The number of methoxy groups -OCH3 is 1. The molecule has 0 aliphatic carbocycles. The second-order valence-corrected chi connectivity index (χ2v) is 15.4. The van der Waals surface area contributed by atoms with E-state index in [-0.39, 0.29) is 49.8 Å². The zero-order valence-electron chi connectivity index (χ0n) is 33.5. The van der Waals surface area contributed by atoms with Crippen molar-refractivity contribution >= 4 is 29.8 Å². The first-order valence-electron chi connectivity index (χ1n) is 20.0. The number of carbonyl (C=O) groups excluding carboxylic acids is 5. The summed E-state index contributed by atoms with van der Waals surface area (Å²) in [5, 5.41) is 5.40. The van der Waals surface area contributed by atoms with E-state index in [2.05, 4.69) is 20.6 Å². The monoisotopic (exact) mass is 806 g/mol. The highest BCUT2D eigenvalue weighted by Gasteiger charge is 2.52. The Morgan fingerprint density at radius 3 is 2.25 bits per heavy atom. The Balaban J connectivity index is 0.946. The lowest BCUT2D eigenvalue weighted by Gasteiger charge is -2.33. The van der Waals surface area contributed by atoms with Crippen LogP contribution in [0.5, 0.6) is 0 Å². The van der Waals surface area contributed by atoms with E-state index in [9.17, 15) is 24.0 Å². The van der Waals surface area contributed by atoms with Crippen LogP contribution in [-0.2, 0) is 35.1 Å². The van der Waals surface area contributed by atoms with Crippen molar-refractivity contribution in [3.8, 4) is 22.4 Å². The summed E-state index contributed by atoms with van der Waals surface area (Å²) in [5.74, 6) is -1.49. The number of amides is 4. The maximum Gasteiger partial charge on any atom is 0.410 e. The summed E-state index contributed by atoms with van der Waals surface area (Å²) in [7, 11) is 1.27. The van der Waals surface area contributed by atoms with Gasteiger partial charge in [-0.15, -0.1) is 0 Å². The predicted molar refractivity (Wildman–Crippen MR) is 216 cm³/mol.